The van der Waals surface area contributed by atoms with E-state index in [0.29, 0.717) is 0 Å². The largest absolute Gasteiger partial charge is 0.389 e. The van der Waals surface area contributed by atoms with Crippen LogP contribution in [0.3, 0.4) is 0 Å². The van der Waals surface area contributed by atoms with Gasteiger partial charge in [0.1, 0.15) is 0 Å². The maximum absolute atomic E-state index is 9.57. The number of para-hydroxylation sites is 1. The summed E-state index contributed by atoms with van der Waals surface area (Å²) in [4.78, 5) is 4.84. The number of hydrogen-bond donors (Lipinski definition) is 1. The van der Waals surface area contributed by atoms with Gasteiger partial charge in [-0.05, 0) is 36.8 Å². The Morgan fingerprint density at radius 3 is 1.71 bits per heavy atom. The summed E-state index contributed by atoms with van der Waals surface area (Å²) in [6, 6.07) is 18.9. The second kappa shape index (κ2) is 6.19. The molecule has 1 fully saturated rings. The first-order chi connectivity index (χ1) is 10.2. The molecule has 3 nitrogen and oxygen atoms in total. The molecule has 3 rings (SSSR count). The highest BCUT2D eigenvalue weighted by Crippen LogP contribution is 2.22. The van der Waals surface area contributed by atoms with Crippen LogP contribution in [0.25, 0.3) is 0 Å². The van der Waals surface area contributed by atoms with E-state index in [9.17, 15) is 5.11 Å². The van der Waals surface area contributed by atoms with Crippen molar-refractivity contribution in [1.82, 2.24) is 0 Å². The van der Waals surface area contributed by atoms with Gasteiger partial charge >= 0.3 is 0 Å². The maximum atomic E-state index is 9.57. The fourth-order valence-corrected chi connectivity index (χ4v) is 2.83. The molecule has 1 aliphatic heterocycles. The van der Waals surface area contributed by atoms with Crippen LogP contribution in [-0.4, -0.2) is 31.3 Å². The second-order valence-electron chi connectivity index (χ2n) is 5.58. The van der Waals surface area contributed by atoms with Crippen LogP contribution in [0.2, 0.25) is 0 Å². The van der Waals surface area contributed by atoms with Crippen LogP contribution in [0.15, 0.2) is 54.6 Å². The first-order valence-corrected chi connectivity index (χ1v) is 7.57. The third-order valence-corrected chi connectivity index (χ3v) is 4.14. The molecular formula is C18H22N2O. The lowest BCUT2D eigenvalue weighted by Gasteiger charge is -2.37. The van der Waals surface area contributed by atoms with Crippen molar-refractivity contribution in [2.45, 2.75) is 13.0 Å². The highest BCUT2D eigenvalue weighted by Gasteiger charge is 2.17. The molecule has 1 saturated heterocycles. The Kier molecular flexibility index (Phi) is 4.11. The zero-order valence-electron chi connectivity index (χ0n) is 12.4. The summed E-state index contributed by atoms with van der Waals surface area (Å²) in [6.07, 6.45) is -0.394. The van der Waals surface area contributed by atoms with Gasteiger partial charge in [0.05, 0.1) is 6.10 Å². The molecular weight excluding hydrogens is 260 g/mol. The summed E-state index contributed by atoms with van der Waals surface area (Å²) in [5.41, 5.74) is 3.52. The first kappa shape index (κ1) is 14.0. The van der Waals surface area contributed by atoms with Gasteiger partial charge in [0.2, 0.25) is 0 Å². The summed E-state index contributed by atoms with van der Waals surface area (Å²) < 4.78 is 0. The van der Waals surface area contributed by atoms with Crippen LogP contribution >= 0.6 is 0 Å². The van der Waals surface area contributed by atoms with E-state index in [1.54, 1.807) is 6.92 Å². The van der Waals surface area contributed by atoms with Gasteiger partial charge in [-0.1, -0.05) is 30.3 Å². The monoisotopic (exact) mass is 282 g/mol. The van der Waals surface area contributed by atoms with Gasteiger partial charge < -0.3 is 14.9 Å². The molecule has 0 unspecified atom stereocenters. The Bertz CT molecular complexity index is 558. The molecule has 2 aromatic rings. The number of anilines is 2. The molecule has 0 saturated carbocycles. The number of hydrogen-bond acceptors (Lipinski definition) is 3. The molecule has 21 heavy (non-hydrogen) atoms. The van der Waals surface area contributed by atoms with Crippen molar-refractivity contribution in [2.24, 2.45) is 0 Å². The number of piperazine rings is 1. The highest BCUT2D eigenvalue weighted by atomic mass is 16.3. The van der Waals surface area contributed by atoms with Crippen molar-refractivity contribution in [1.29, 1.82) is 0 Å². The quantitative estimate of drug-likeness (QED) is 0.937. The van der Waals surface area contributed by atoms with E-state index in [1.807, 2.05) is 12.1 Å². The van der Waals surface area contributed by atoms with Gasteiger partial charge in [0.25, 0.3) is 0 Å². The zero-order valence-corrected chi connectivity index (χ0v) is 12.4. The Morgan fingerprint density at radius 2 is 1.24 bits per heavy atom. The predicted molar refractivity (Wildman–Crippen MR) is 87.9 cm³/mol. The molecule has 1 N–H and O–H groups in total. The molecule has 2 aromatic carbocycles. The third-order valence-electron chi connectivity index (χ3n) is 4.14. The molecule has 1 heterocycles. The zero-order chi connectivity index (χ0) is 14.7. The minimum absolute atomic E-state index is 0.394. The number of rotatable bonds is 3. The molecule has 0 amide bonds. The fourth-order valence-electron chi connectivity index (χ4n) is 2.83. The normalized spacial score (nSPS) is 16.9. The summed E-state index contributed by atoms with van der Waals surface area (Å²) in [6.45, 7) is 5.95. The third kappa shape index (κ3) is 3.19. The van der Waals surface area contributed by atoms with E-state index >= 15 is 0 Å². The van der Waals surface area contributed by atoms with E-state index in [1.165, 1.54) is 11.4 Å². The van der Waals surface area contributed by atoms with Crippen molar-refractivity contribution < 1.29 is 5.11 Å². The number of benzene rings is 2. The van der Waals surface area contributed by atoms with Crippen LogP contribution in [0.1, 0.15) is 18.6 Å². The molecule has 0 spiro atoms. The SMILES string of the molecule is C[C@@H](O)c1ccc(N2CCN(c3ccccc3)CC2)cc1. The van der Waals surface area contributed by atoms with Crippen molar-refractivity contribution in [3.05, 3.63) is 60.2 Å². The van der Waals surface area contributed by atoms with Crippen molar-refractivity contribution >= 4 is 11.4 Å². The standard InChI is InChI=1S/C18H22N2O/c1-15(21)16-7-9-18(10-8-16)20-13-11-19(12-14-20)17-5-3-2-4-6-17/h2-10,15,21H,11-14H2,1H3/t15-/m1/s1. The minimum Gasteiger partial charge on any atom is -0.389 e. The molecule has 0 bridgehead atoms. The predicted octanol–water partition coefficient (Wildman–Crippen LogP) is 3.07. The van der Waals surface area contributed by atoms with E-state index in [2.05, 4.69) is 52.3 Å². The molecule has 3 heteroatoms. The number of nitrogens with zero attached hydrogens (tertiary/aromatic N) is 2. The molecule has 0 aliphatic carbocycles. The van der Waals surface area contributed by atoms with Crippen LogP contribution in [0.5, 0.6) is 0 Å². The minimum atomic E-state index is -0.394. The lowest BCUT2D eigenvalue weighted by molar-refractivity contribution is 0.199. The Balaban J connectivity index is 1.63. The lowest BCUT2D eigenvalue weighted by atomic mass is 10.1. The maximum Gasteiger partial charge on any atom is 0.0761 e. The van der Waals surface area contributed by atoms with E-state index in [4.69, 9.17) is 0 Å². The van der Waals surface area contributed by atoms with Crippen molar-refractivity contribution in [3.8, 4) is 0 Å². The van der Waals surface area contributed by atoms with Gasteiger partial charge in [0.15, 0.2) is 0 Å². The summed E-state index contributed by atoms with van der Waals surface area (Å²) in [5, 5.41) is 9.57. The Hall–Kier alpha value is -2.00. The van der Waals surface area contributed by atoms with Gasteiger partial charge in [-0.2, -0.15) is 0 Å². The molecule has 1 atom stereocenters. The van der Waals surface area contributed by atoms with Gasteiger partial charge in [-0.3, -0.25) is 0 Å². The van der Waals surface area contributed by atoms with E-state index < -0.39 is 6.10 Å². The lowest BCUT2D eigenvalue weighted by Crippen LogP contribution is -2.46. The summed E-state index contributed by atoms with van der Waals surface area (Å²) in [5.74, 6) is 0. The average Bonchev–Trinajstić information content (AvgIpc) is 2.56. The number of aliphatic hydroxyl groups excluding tert-OH is 1. The smallest absolute Gasteiger partial charge is 0.0761 e. The number of aliphatic hydroxyl groups is 1. The average molecular weight is 282 g/mol. The second-order valence-corrected chi connectivity index (χ2v) is 5.58. The molecule has 110 valence electrons. The van der Waals surface area contributed by atoms with E-state index in [-0.39, 0.29) is 0 Å². The fraction of sp³-hybridized carbons (Fsp3) is 0.333. The van der Waals surface area contributed by atoms with Crippen LogP contribution in [0, 0.1) is 0 Å². The van der Waals surface area contributed by atoms with Crippen molar-refractivity contribution in [2.75, 3.05) is 36.0 Å². The van der Waals surface area contributed by atoms with Crippen molar-refractivity contribution in [3.63, 3.8) is 0 Å². The van der Waals surface area contributed by atoms with Crippen LogP contribution in [0.4, 0.5) is 11.4 Å². The van der Waals surface area contributed by atoms with E-state index in [0.717, 1.165) is 31.7 Å². The topological polar surface area (TPSA) is 26.7 Å². The van der Waals surface area contributed by atoms with Gasteiger partial charge in [0, 0.05) is 37.6 Å². The van der Waals surface area contributed by atoms with Gasteiger partial charge in [-0.15, -0.1) is 0 Å². The van der Waals surface area contributed by atoms with Crippen LogP contribution in [-0.2, 0) is 0 Å². The highest BCUT2D eigenvalue weighted by molar-refractivity contribution is 5.52. The molecule has 1 aliphatic rings. The van der Waals surface area contributed by atoms with Gasteiger partial charge in [-0.25, -0.2) is 0 Å². The summed E-state index contributed by atoms with van der Waals surface area (Å²) >= 11 is 0. The Morgan fingerprint density at radius 1 is 0.762 bits per heavy atom. The summed E-state index contributed by atoms with van der Waals surface area (Å²) in [7, 11) is 0. The Labute approximate surface area is 126 Å². The molecule has 0 radical (unpaired) electrons. The first-order valence-electron chi connectivity index (χ1n) is 7.57. The van der Waals surface area contributed by atoms with Crippen LogP contribution < -0.4 is 9.80 Å². The molecule has 0 aromatic heterocycles.